The molecular formula is C20H21ClN6O3. The number of H-pyrrole nitrogens is 1. The van der Waals surface area contributed by atoms with Gasteiger partial charge in [0.1, 0.15) is 11.5 Å². The standard InChI is InChI=1S/C20H21ClN6O3/c1-11-9-25(10-12(2)26(11)13(3)28)18-5-4-17(27(29)30)19(24-18)16-8-23-20-15(16)6-14(21)7-22-20/h4-8,11-12H,9-10H2,1-3H3,(H,22,23)/t11-,12+. The molecule has 1 aliphatic rings. The molecule has 1 fully saturated rings. The van der Waals surface area contributed by atoms with Crippen LogP contribution in [0.4, 0.5) is 11.5 Å². The number of amides is 1. The monoisotopic (exact) mass is 428 g/mol. The van der Waals surface area contributed by atoms with Gasteiger partial charge in [0.05, 0.1) is 9.95 Å². The minimum absolute atomic E-state index is 0.00258. The summed E-state index contributed by atoms with van der Waals surface area (Å²) in [6.45, 7) is 6.74. The number of hydrogen-bond donors (Lipinski definition) is 1. The number of nitro groups is 1. The molecule has 1 amide bonds. The van der Waals surface area contributed by atoms with Crippen LogP contribution in [0.2, 0.25) is 5.02 Å². The van der Waals surface area contributed by atoms with Gasteiger partial charge in [-0.2, -0.15) is 0 Å². The minimum atomic E-state index is -0.443. The van der Waals surface area contributed by atoms with E-state index in [2.05, 4.69) is 19.9 Å². The molecule has 4 rings (SSSR count). The summed E-state index contributed by atoms with van der Waals surface area (Å²) in [7, 11) is 0. The molecule has 3 aromatic heterocycles. The van der Waals surface area contributed by atoms with Crippen LogP contribution in [0.5, 0.6) is 0 Å². The number of hydrogen-bond acceptors (Lipinski definition) is 6. The summed E-state index contributed by atoms with van der Waals surface area (Å²) >= 11 is 6.09. The Kier molecular flexibility index (Phi) is 5.07. The number of carbonyl (C=O) groups excluding carboxylic acids is 1. The average Bonchev–Trinajstić information content (AvgIpc) is 3.09. The van der Waals surface area contributed by atoms with Crippen molar-refractivity contribution in [3.8, 4) is 11.3 Å². The highest BCUT2D eigenvalue weighted by Crippen LogP contribution is 2.36. The Hall–Kier alpha value is -3.20. The first-order chi connectivity index (χ1) is 14.3. The van der Waals surface area contributed by atoms with E-state index in [9.17, 15) is 14.9 Å². The van der Waals surface area contributed by atoms with Crippen molar-refractivity contribution in [1.29, 1.82) is 0 Å². The number of nitrogens with one attached hydrogen (secondary N) is 1. The number of rotatable bonds is 3. The van der Waals surface area contributed by atoms with E-state index in [1.54, 1.807) is 25.3 Å². The predicted molar refractivity (Wildman–Crippen MR) is 115 cm³/mol. The zero-order valence-corrected chi connectivity index (χ0v) is 17.6. The van der Waals surface area contributed by atoms with Gasteiger partial charge in [-0.15, -0.1) is 0 Å². The number of aromatic amines is 1. The topological polar surface area (TPSA) is 108 Å². The summed E-state index contributed by atoms with van der Waals surface area (Å²) in [6, 6.07) is 4.85. The quantitative estimate of drug-likeness (QED) is 0.504. The number of pyridine rings is 2. The molecule has 0 unspecified atom stereocenters. The van der Waals surface area contributed by atoms with Crippen LogP contribution in [0.1, 0.15) is 20.8 Å². The molecule has 30 heavy (non-hydrogen) atoms. The highest BCUT2D eigenvalue weighted by Gasteiger charge is 2.32. The van der Waals surface area contributed by atoms with E-state index in [1.165, 1.54) is 12.3 Å². The molecule has 0 bridgehead atoms. The normalized spacial score (nSPS) is 19.3. The Labute approximate surface area is 177 Å². The van der Waals surface area contributed by atoms with Gasteiger partial charge in [0.2, 0.25) is 5.91 Å². The molecule has 0 radical (unpaired) electrons. The Morgan fingerprint density at radius 1 is 1.30 bits per heavy atom. The second-order valence-corrected chi connectivity index (χ2v) is 8.01. The van der Waals surface area contributed by atoms with Crippen LogP contribution in [0, 0.1) is 10.1 Å². The molecule has 9 nitrogen and oxygen atoms in total. The van der Waals surface area contributed by atoms with E-state index < -0.39 is 4.92 Å². The molecule has 0 aliphatic carbocycles. The first-order valence-corrected chi connectivity index (χ1v) is 9.96. The predicted octanol–water partition coefficient (Wildman–Crippen LogP) is 3.63. The number of anilines is 1. The number of halogens is 1. The van der Waals surface area contributed by atoms with Crippen LogP contribution >= 0.6 is 11.6 Å². The molecule has 3 aromatic rings. The number of aromatic nitrogens is 3. The third kappa shape index (κ3) is 3.45. The number of carbonyl (C=O) groups is 1. The van der Waals surface area contributed by atoms with Gasteiger partial charge < -0.3 is 14.8 Å². The Balaban J connectivity index is 1.78. The molecule has 156 valence electrons. The van der Waals surface area contributed by atoms with Crippen LogP contribution in [0.3, 0.4) is 0 Å². The van der Waals surface area contributed by atoms with Crippen LogP contribution in [-0.4, -0.2) is 55.9 Å². The van der Waals surface area contributed by atoms with Gasteiger partial charge in [0.15, 0.2) is 5.69 Å². The van der Waals surface area contributed by atoms with Gasteiger partial charge in [-0.05, 0) is 26.0 Å². The Morgan fingerprint density at radius 2 is 2.00 bits per heavy atom. The van der Waals surface area contributed by atoms with Crippen molar-refractivity contribution >= 4 is 40.0 Å². The number of nitrogens with zero attached hydrogens (tertiary/aromatic N) is 5. The lowest BCUT2D eigenvalue weighted by Crippen LogP contribution is -2.58. The molecule has 0 spiro atoms. The lowest BCUT2D eigenvalue weighted by Gasteiger charge is -2.44. The summed E-state index contributed by atoms with van der Waals surface area (Å²) in [6.07, 6.45) is 3.17. The zero-order chi connectivity index (χ0) is 21.6. The molecular weight excluding hydrogens is 408 g/mol. The molecule has 4 heterocycles. The highest BCUT2D eigenvalue weighted by molar-refractivity contribution is 6.31. The van der Waals surface area contributed by atoms with Crippen LogP contribution in [0.15, 0.2) is 30.6 Å². The molecule has 1 aliphatic heterocycles. The van der Waals surface area contributed by atoms with Crippen molar-refractivity contribution in [1.82, 2.24) is 19.9 Å². The maximum Gasteiger partial charge on any atom is 0.295 e. The minimum Gasteiger partial charge on any atom is -0.352 e. The van der Waals surface area contributed by atoms with E-state index >= 15 is 0 Å². The number of fused-ring (bicyclic) bond motifs is 1. The van der Waals surface area contributed by atoms with Crippen LogP contribution in [0.25, 0.3) is 22.3 Å². The van der Waals surface area contributed by atoms with Crippen LogP contribution in [-0.2, 0) is 4.79 Å². The average molecular weight is 429 g/mol. The van der Waals surface area contributed by atoms with Crippen molar-refractivity contribution in [2.24, 2.45) is 0 Å². The summed E-state index contributed by atoms with van der Waals surface area (Å²) in [5.41, 5.74) is 1.30. The Bertz CT molecular complexity index is 1130. The fraction of sp³-hybridized carbons (Fsp3) is 0.350. The Morgan fingerprint density at radius 3 is 2.63 bits per heavy atom. The zero-order valence-electron chi connectivity index (χ0n) is 16.8. The van der Waals surface area contributed by atoms with E-state index in [0.29, 0.717) is 40.5 Å². The highest BCUT2D eigenvalue weighted by atomic mass is 35.5. The molecule has 0 aromatic carbocycles. The molecule has 0 saturated carbocycles. The van der Waals surface area contributed by atoms with Crippen molar-refractivity contribution in [3.05, 3.63) is 45.7 Å². The fourth-order valence-corrected chi connectivity index (χ4v) is 4.43. The molecule has 2 atom stereocenters. The van der Waals surface area contributed by atoms with Gasteiger partial charge >= 0.3 is 0 Å². The van der Waals surface area contributed by atoms with Crippen LogP contribution < -0.4 is 4.90 Å². The third-order valence-corrected chi connectivity index (χ3v) is 5.62. The van der Waals surface area contributed by atoms with Crippen molar-refractivity contribution < 1.29 is 9.72 Å². The van der Waals surface area contributed by atoms with Gasteiger partial charge in [0.25, 0.3) is 5.69 Å². The summed E-state index contributed by atoms with van der Waals surface area (Å²) in [5.74, 6) is 0.664. The van der Waals surface area contributed by atoms with Crippen molar-refractivity contribution in [2.75, 3.05) is 18.0 Å². The van der Waals surface area contributed by atoms with E-state index in [1.807, 2.05) is 18.7 Å². The maximum atomic E-state index is 11.9. The van der Waals surface area contributed by atoms with E-state index in [0.717, 1.165) is 0 Å². The van der Waals surface area contributed by atoms with E-state index in [-0.39, 0.29) is 29.4 Å². The SMILES string of the molecule is CC(=O)N1[C@H](C)CN(c2ccc([N+](=O)[O-])c(-c3c[nH]c4ncc(Cl)cc34)n2)C[C@@H]1C. The lowest BCUT2D eigenvalue weighted by molar-refractivity contribution is -0.384. The van der Waals surface area contributed by atoms with Gasteiger partial charge in [0, 0.05) is 61.5 Å². The summed E-state index contributed by atoms with van der Waals surface area (Å²) in [4.78, 5) is 39.0. The summed E-state index contributed by atoms with van der Waals surface area (Å²) in [5, 5.41) is 12.8. The first-order valence-electron chi connectivity index (χ1n) is 9.58. The van der Waals surface area contributed by atoms with Gasteiger partial charge in [-0.1, -0.05) is 11.6 Å². The third-order valence-electron chi connectivity index (χ3n) is 5.42. The molecule has 1 N–H and O–H groups in total. The largest absolute Gasteiger partial charge is 0.352 e. The number of piperazine rings is 1. The second kappa shape index (κ2) is 7.56. The lowest BCUT2D eigenvalue weighted by atomic mass is 10.1. The second-order valence-electron chi connectivity index (χ2n) is 7.58. The van der Waals surface area contributed by atoms with Crippen molar-refractivity contribution in [2.45, 2.75) is 32.9 Å². The van der Waals surface area contributed by atoms with Crippen molar-refractivity contribution in [3.63, 3.8) is 0 Å². The fourth-order valence-electron chi connectivity index (χ4n) is 4.27. The smallest absolute Gasteiger partial charge is 0.295 e. The molecule has 10 heteroatoms. The summed E-state index contributed by atoms with van der Waals surface area (Å²) < 4.78 is 0. The van der Waals surface area contributed by atoms with Gasteiger partial charge in [-0.3, -0.25) is 14.9 Å². The van der Waals surface area contributed by atoms with Gasteiger partial charge in [-0.25, -0.2) is 9.97 Å². The maximum absolute atomic E-state index is 11.9. The molecule has 1 saturated heterocycles. The first kappa shape index (κ1) is 20.1. The van der Waals surface area contributed by atoms with E-state index in [4.69, 9.17) is 11.6 Å².